The van der Waals surface area contributed by atoms with Crippen LogP contribution in [0.3, 0.4) is 0 Å². The molecule has 5 heteroatoms. The highest BCUT2D eigenvalue weighted by Crippen LogP contribution is 2.20. The van der Waals surface area contributed by atoms with Crippen molar-refractivity contribution in [1.82, 2.24) is 0 Å². The van der Waals surface area contributed by atoms with E-state index in [-0.39, 0.29) is 11.7 Å². The van der Waals surface area contributed by atoms with Gasteiger partial charge >= 0.3 is 0 Å². The van der Waals surface area contributed by atoms with Crippen molar-refractivity contribution >= 4 is 32.2 Å². The van der Waals surface area contributed by atoms with Gasteiger partial charge in [0.1, 0.15) is 0 Å². The smallest absolute Gasteiger partial charge is 0.256 e. The molecule has 0 aromatic heterocycles. The van der Waals surface area contributed by atoms with Crippen LogP contribution < -0.4 is 5.32 Å². The van der Waals surface area contributed by atoms with Crippen molar-refractivity contribution in [2.45, 2.75) is 5.75 Å². The maximum atomic E-state index is 12.6. The number of carbonyl (C=O) groups is 1. The number of hydrogen-bond acceptors (Lipinski definition) is 3. The molecule has 0 atom stereocenters. The minimum Gasteiger partial charge on any atom is -0.322 e. The second-order valence-electron chi connectivity index (χ2n) is 5.75. The molecule has 0 radical (unpaired) electrons. The highest BCUT2D eigenvalue weighted by Gasteiger charge is 2.11. The van der Waals surface area contributed by atoms with Gasteiger partial charge in [0.05, 0.1) is 5.75 Å². The Morgan fingerprint density at radius 1 is 0.958 bits per heavy atom. The second-order valence-corrected chi connectivity index (χ2v) is 7.89. The van der Waals surface area contributed by atoms with Crippen LogP contribution in [0.15, 0.2) is 66.7 Å². The number of fused-ring (bicyclic) bond motifs is 1. The van der Waals surface area contributed by atoms with Gasteiger partial charge in [-0.1, -0.05) is 48.5 Å². The number of anilines is 1. The summed E-state index contributed by atoms with van der Waals surface area (Å²) < 4.78 is 22.8. The van der Waals surface area contributed by atoms with Crippen LogP contribution in [0.1, 0.15) is 15.9 Å². The Hall–Kier alpha value is -2.66. The summed E-state index contributed by atoms with van der Waals surface area (Å²) in [4.78, 5) is 12.6. The molecule has 0 saturated heterocycles. The number of carbonyl (C=O) groups excluding carboxylic acids is 1. The van der Waals surface area contributed by atoms with Crippen LogP contribution in [0.2, 0.25) is 0 Å². The molecule has 0 unspecified atom stereocenters. The summed E-state index contributed by atoms with van der Waals surface area (Å²) in [6.07, 6.45) is 1.19. The summed E-state index contributed by atoms with van der Waals surface area (Å²) in [5.41, 5.74) is 1.81. The summed E-state index contributed by atoms with van der Waals surface area (Å²) in [5.74, 6) is -0.270. The second kappa shape index (κ2) is 6.45. The molecule has 1 amide bonds. The molecular weight excluding hydrogens is 322 g/mol. The van der Waals surface area contributed by atoms with E-state index < -0.39 is 9.84 Å². The first-order valence-electron chi connectivity index (χ1n) is 7.48. The van der Waals surface area contributed by atoms with Crippen LogP contribution in [-0.4, -0.2) is 20.6 Å². The zero-order valence-electron chi connectivity index (χ0n) is 13.2. The van der Waals surface area contributed by atoms with Crippen LogP contribution in [0.5, 0.6) is 0 Å². The zero-order chi connectivity index (χ0) is 17.2. The van der Waals surface area contributed by atoms with Gasteiger partial charge in [0.2, 0.25) is 0 Å². The third-order valence-corrected chi connectivity index (χ3v) is 4.51. The van der Waals surface area contributed by atoms with Crippen LogP contribution in [0, 0.1) is 0 Å². The molecule has 0 aliphatic rings. The van der Waals surface area contributed by atoms with E-state index in [4.69, 9.17) is 0 Å². The highest BCUT2D eigenvalue weighted by molar-refractivity contribution is 7.89. The van der Waals surface area contributed by atoms with Crippen molar-refractivity contribution in [3.63, 3.8) is 0 Å². The van der Waals surface area contributed by atoms with Gasteiger partial charge in [0, 0.05) is 17.5 Å². The van der Waals surface area contributed by atoms with Crippen molar-refractivity contribution in [1.29, 1.82) is 0 Å². The Bertz CT molecular complexity index is 1000. The van der Waals surface area contributed by atoms with E-state index in [1.54, 1.807) is 30.3 Å². The molecule has 0 spiro atoms. The Morgan fingerprint density at radius 3 is 2.46 bits per heavy atom. The third kappa shape index (κ3) is 3.81. The topological polar surface area (TPSA) is 63.2 Å². The van der Waals surface area contributed by atoms with Gasteiger partial charge in [0.15, 0.2) is 9.84 Å². The van der Waals surface area contributed by atoms with Crippen molar-refractivity contribution in [2.24, 2.45) is 0 Å². The fourth-order valence-electron chi connectivity index (χ4n) is 2.66. The van der Waals surface area contributed by atoms with Gasteiger partial charge in [-0.05, 0) is 34.5 Å². The Morgan fingerprint density at radius 2 is 1.67 bits per heavy atom. The van der Waals surface area contributed by atoms with E-state index in [1.165, 1.54) is 6.26 Å². The number of hydrogen-bond donors (Lipinski definition) is 1. The predicted octanol–water partition coefficient (Wildman–Crippen LogP) is 3.64. The lowest BCUT2D eigenvalue weighted by atomic mass is 10.0. The number of rotatable bonds is 4. The molecule has 0 saturated carbocycles. The van der Waals surface area contributed by atoms with Crippen molar-refractivity contribution in [3.05, 3.63) is 77.9 Å². The molecule has 0 bridgehead atoms. The third-order valence-electron chi connectivity index (χ3n) is 3.65. The van der Waals surface area contributed by atoms with E-state index in [0.29, 0.717) is 16.8 Å². The standard InChI is InChI=1S/C19H17NO3S/c1-24(22,23)13-14-6-4-9-16(12-14)20-19(21)18-11-5-8-15-7-2-3-10-17(15)18/h2-12H,13H2,1H3,(H,20,21). The van der Waals surface area contributed by atoms with E-state index in [2.05, 4.69) is 5.32 Å². The van der Waals surface area contributed by atoms with Crippen LogP contribution in [-0.2, 0) is 15.6 Å². The Balaban J connectivity index is 1.88. The first kappa shape index (κ1) is 16.2. The molecule has 0 fully saturated rings. The molecule has 0 aliphatic heterocycles. The summed E-state index contributed by atoms with van der Waals surface area (Å²) in [7, 11) is -3.12. The largest absolute Gasteiger partial charge is 0.322 e. The molecule has 1 N–H and O–H groups in total. The van der Waals surface area contributed by atoms with E-state index in [1.807, 2.05) is 36.4 Å². The lowest BCUT2D eigenvalue weighted by Gasteiger charge is -2.09. The predicted molar refractivity (Wildman–Crippen MR) is 96.9 cm³/mol. The van der Waals surface area contributed by atoms with Crippen molar-refractivity contribution in [2.75, 3.05) is 11.6 Å². The zero-order valence-corrected chi connectivity index (χ0v) is 14.0. The van der Waals surface area contributed by atoms with Gasteiger partial charge < -0.3 is 5.32 Å². The minimum absolute atomic E-state index is 0.0506. The van der Waals surface area contributed by atoms with Gasteiger partial charge in [-0.3, -0.25) is 4.79 Å². The number of sulfone groups is 1. The average Bonchev–Trinajstić information content (AvgIpc) is 2.53. The number of benzene rings is 3. The molecule has 3 rings (SSSR count). The number of nitrogens with one attached hydrogen (secondary N) is 1. The van der Waals surface area contributed by atoms with E-state index >= 15 is 0 Å². The Kier molecular flexibility index (Phi) is 4.36. The van der Waals surface area contributed by atoms with E-state index in [9.17, 15) is 13.2 Å². The lowest BCUT2D eigenvalue weighted by molar-refractivity contribution is 0.102. The highest BCUT2D eigenvalue weighted by atomic mass is 32.2. The Labute approximate surface area is 141 Å². The van der Waals surface area contributed by atoms with Gasteiger partial charge in [0.25, 0.3) is 5.91 Å². The summed E-state index contributed by atoms with van der Waals surface area (Å²) in [6, 6.07) is 20.2. The normalized spacial score (nSPS) is 11.4. The fraction of sp³-hybridized carbons (Fsp3) is 0.105. The first-order valence-corrected chi connectivity index (χ1v) is 9.54. The molecule has 122 valence electrons. The van der Waals surface area contributed by atoms with Gasteiger partial charge in [-0.15, -0.1) is 0 Å². The molecular formula is C19H17NO3S. The van der Waals surface area contributed by atoms with Gasteiger partial charge in [-0.2, -0.15) is 0 Å². The van der Waals surface area contributed by atoms with Crippen LogP contribution in [0.25, 0.3) is 10.8 Å². The van der Waals surface area contributed by atoms with Crippen molar-refractivity contribution in [3.8, 4) is 0 Å². The first-order chi connectivity index (χ1) is 11.4. The fourth-order valence-corrected chi connectivity index (χ4v) is 3.45. The minimum atomic E-state index is -3.12. The maximum absolute atomic E-state index is 12.6. The summed E-state index contributed by atoms with van der Waals surface area (Å²) in [6.45, 7) is 0. The SMILES string of the molecule is CS(=O)(=O)Cc1cccc(NC(=O)c2cccc3ccccc23)c1. The molecule has 4 nitrogen and oxygen atoms in total. The van der Waals surface area contributed by atoms with Crippen molar-refractivity contribution < 1.29 is 13.2 Å². The molecule has 0 heterocycles. The molecule has 3 aromatic carbocycles. The summed E-state index contributed by atoms with van der Waals surface area (Å²) in [5, 5.41) is 4.72. The van der Waals surface area contributed by atoms with E-state index in [0.717, 1.165) is 10.8 Å². The lowest BCUT2D eigenvalue weighted by Crippen LogP contribution is -2.12. The maximum Gasteiger partial charge on any atom is 0.256 e. The van der Waals surface area contributed by atoms with Crippen LogP contribution >= 0.6 is 0 Å². The molecule has 24 heavy (non-hydrogen) atoms. The van der Waals surface area contributed by atoms with Gasteiger partial charge in [-0.25, -0.2) is 8.42 Å². The molecule has 3 aromatic rings. The molecule has 0 aliphatic carbocycles. The van der Waals surface area contributed by atoms with Crippen LogP contribution in [0.4, 0.5) is 5.69 Å². The average molecular weight is 339 g/mol. The quantitative estimate of drug-likeness (QED) is 0.789. The monoisotopic (exact) mass is 339 g/mol. The summed E-state index contributed by atoms with van der Waals surface area (Å²) >= 11 is 0. The number of amides is 1.